The average molecular weight is 260 g/mol. The second-order valence-corrected chi connectivity index (χ2v) is 6.54. The van der Waals surface area contributed by atoms with Crippen LogP contribution >= 0.6 is 0 Å². The SMILES string of the molecule is CCC(C)N1CC(C)(C)NCC1Cc1ccccc1. The zero-order valence-corrected chi connectivity index (χ0v) is 12.8. The number of hydrogen-bond donors (Lipinski definition) is 1. The predicted octanol–water partition coefficient (Wildman–Crippen LogP) is 3.08. The summed E-state index contributed by atoms with van der Waals surface area (Å²) < 4.78 is 0. The van der Waals surface area contributed by atoms with Gasteiger partial charge in [-0.3, -0.25) is 4.90 Å². The first kappa shape index (κ1) is 14.5. The van der Waals surface area contributed by atoms with Crippen molar-refractivity contribution < 1.29 is 0 Å². The summed E-state index contributed by atoms with van der Waals surface area (Å²) in [5.41, 5.74) is 1.68. The number of rotatable bonds is 4. The van der Waals surface area contributed by atoms with Gasteiger partial charge in [-0.25, -0.2) is 0 Å². The van der Waals surface area contributed by atoms with Crippen LogP contribution in [-0.4, -0.2) is 35.6 Å². The first-order valence-electron chi connectivity index (χ1n) is 7.56. The van der Waals surface area contributed by atoms with E-state index in [9.17, 15) is 0 Å². The quantitative estimate of drug-likeness (QED) is 0.895. The molecule has 1 aromatic rings. The van der Waals surface area contributed by atoms with Crippen LogP contribution < -0.4 is 5.32 Å². The first-order chi connectivity index (χ1) is 9.02. The van der Waals surface area contributed by atoms with Crippen LogP contribution in [0.1, 0.15) is 39.7 Å². The summed E-state index contributed by atoms with van der Waals surface area (Å²) in [5, 5.41) is 3.70. The van der Waals surface area contributed by atoms with Gasteiger partial charge >= 0.3 is 0 Å². The molecule has 106 valence electrons. The van der Waals surface area contributed by atoms with Crippen molar-refractivity contribution in [2.45, 2.75) is 58.2 Å². The molecule has 1 fully saturated rings. The lowest BCUT2D eigenvalue weighted by atomic mass is 9.93. The second kappa shape index (κ2) is 6.06. The van der Waals surface area contributed by atoms with Gasteiger partial charge in [-0.1, -0.05) is 37.3 Å². The Morgan fingerprint density at radius 3 is 2.63 bits per heavy atom. The van der Waals surface area contributed by atoms with E-state index in [1.54, 1.807) is 0 Å². The Morgan fingerprint density at radius 1 is 1.32 bits per heavy atom. The summed E-state index contributed by atoms with van der Waals surface area (Å²) in [7, 11) is 0. The molecule has 1 saturated heterocycles. The molecule has 0 aromatic heterocycles. The molecule has 2 rings (SSSR count). The molecule has 19 heavy (non-hydrogen) atoms. The molecule has 0 bridgehead atoms. The van der Waals surface area contributed by atoms with Gasteiger partial charge in [0, 0.05) is 30.7 Å². The van der Waals surface area contributed by atoms with Crippen LogP contribution in [0.3, 0.4) is 0 Å². The molecule has 0 spiro atoms. The van der Waals surface area contributed by atoms with Gasteiger partial charge in [-0.15, -0.1) is 0 Å². The maximum absolute atomic E-state index is 3.70. The fourth-order valence-electron chi connectivity index (χ4n) is 2.98. The predicted molar refractivity (Wildman–Crippen MR) is 82.5 cm³/mol. The zero-order chi connectivity index (χ0) is 13.9. The maximum atomic E-state index is 3.70. The fraction of sp³-hybridized carbons (Fsp3) is 0.647. The number of nitrogens with zero attached hydrogens (tertiary/aromatic N) is 1. The number of benzene rings is 1. The lowest BCUT2D eigenvalue weighted by Crippen LogP contribution is -2.63. The Hall–Kier alpha value is -0.860. The standard InChI is InChI=1S/C17H28N2/c1-5-14(2)19-13-17(3,4)18-12-16(19)11-15-9-7-6-8-10-15/h6-10,14,16,18H,5,11-13H2,1-4H3. The van der Waals surface area contributed by atoms with Crippen molar-refractivity contribution in [1.29, 1.82) is 0 Å². The summed E-state index contributed by atoms with van der Waals surface area (Å²) in [6.45, 7) is 11.5. The van der Waals surface area contributed by atoms with Crippen molar-refractivity contribution in [2.75, 3.05) is 13.1 Å². The third kappa shape index (κ3) is 3.80. The molecule has 1 aromatic carbocycles. The molecule has 2 unspecified atom stereocenters. The van der Waals surface area contributed by atoms with E-state index < -0.39 is 0 Å². The lowest BCUT2D eigenvalue weighted by Gasteiger charge is -2.47. The molecule has 0 saturated carbocycles. The highest BCUT2D eigenvalue weighted by Crippen LogP contribution is 2.21. The molecular weight excluding hydrogens is 232 g/mol. The van der Waals surface area contributed by atoms with Crippen molar-refractivity contribution in [1.82, 2.24) is 10.2 Å². The molecule has 1 aliphatic rings. The minimum absolute atomic E-state index is 0.233. The van der Waals surface area contributed by atoms with E-state index in [0.29, 0.717) is 12.1 Å². The smallest absolute Gasteiger partial charge is 0.0264 e. The van der Waals surface area contributed by atoms with Crippen LogP contribution in [0.25, 0.3) is 0 Å². The second-order valence-electron chi connectivity index (χ2n) is 6.54. The minimum Gasteiger partial charge on any atom is -0.309 e. The van der Waals surface area contributed by atoms with Gasteiger partial charge in [0.25, 0.3) is 0 Å². The lowest BCUT2D eigenvalue weighted by molar-refractivity contribution is 0.0589. The molecule has 0 radical (unpaired) electrons. The van der Waals surface area contributed by atoms with Crippen LogP contribution in [0.15, 0.2) is 30.3 Å². The molecule has 1 heterocycles. The summed E-state index contributed by atoms with van der Waals surface area (Å²) in [4.78, 5) is 2.70. The molecule has 2 atom stereocenters. The Morgan fingerprint density at radius 2 is 2.00 bits per heavy atom. The third-order valence-corrected chi connectivity index (χ3v) is 4.33. The highest BCUT2D eigenvalue weighted by molar-refractivity contribution is 5.16. The molecule has 2 heteroatoms. The third-order valence-electron chi connectivity index (χ3n) is 4.33. The van der Waals surface area contributed by atoms with Crippen molar-refractivity contribution in [3.8, 4) is 0 Å². The Balaban J connectivity index is 2.09. The van der Waals surface area contributed by atoms with Crippen LogP contribution in [0.4, 0.5) is 0 Å². The van der Waals surface area contributed by atoms with Gasteiger partial charge in [0.2, 0.25) is 0 Å². The number of hydrogen-bond acceptors (Lipinski definition) is 2. The van der Waals surface area contributed by atoms with Crippen LogP contribution in [0.2, 0.25) is 0 Å². The van der Waals surface area contributed by atoms with E-state index in [0.717, 1.165) is 19.5 Å². The van der Waals surface area contributed by atoms with E-state index >= 15 is 0 Å². The highest BCUT2D eigenvalue weighted by atomic mass is 15.3. The van der Waals surface area contributed by atoms with Crippen LogP contribution in [0, 0.1) is 0 Å². The average Bonchev–Trinajstić information content (AvgIpc) is 2.41. The van der Waals surface area contributed by atoms with Crippen molar-refractivity contribution in [3.63, 3.8) is 0 Å². The Labute approximate surface area is 118 Å². The number of piperazine rings is 1. The molecule has 1 aliphatic heterocycles. The fourth-order valence-corrected chi connectivity index (χ4v) is 2.98. The normalized spacial score (nSPS) is 25.2. The van der Waals surface area contributed by atoms with Crippen LogP contribution in [0.5, 0.6) is 0 Å². The van der Waals surface area contributed by atoms with Crippen molar-refractivity contribution in [3.05, 3.63) is 35.9 Å². The van der Waals surface area contributed by atoms with Gasteiger partial charge in [-0.2, -0.15) is 0 Å². The van der Waals surface area contributed by atoms with Gasteiger partial charge in [-0.05, 0) is 39.2 Å². The Bertz CT molecular complexity index is 386. The molecule has 2 nitrogen and oxygen atoms in total. The zero-order valence-electron chi connectivity index (χ0n) is 12.8. The minimum atomic E-state index is 0.233. The van der Waals surface area contributed by atoms with Crippen molar-refractivity contribution in [2.24, 2.45) is 0 Å². The summed E-state index contributed by atoms with van der Waals surface area (Å²) in [6, 6.07) is 12.1. The van der Waals surface area contributed by atoms with Gasteiger partial charge < -0.3 is 5.32 Å². The van der Waals surface area contributed by atoms with Crippen LogP contribution in [-0.2, 0) is 6.42 Å². The summed E-state index contributed by atoms with van der Waals surface area (Å²) >= 11 is 0. The van der Waals surface area contributed by atoms with Crippen molar-refractivity contribution >= 4 is 0 Å². The number of nitrogens with one attached hydrogen (secondary N) is 1. The molecule has 0 amide bonds. The van der Waals surface area contributed by atoms with E-state index in [2.05, 4.69) is 68.2 Å². The van der Waals surface area contributed by atoms with E-state index in [1.807, 2.05) is 0 Å². The Kier molecular flexibility index (Phi) is 4.64. The highest BCUT2D eigenvalue weighted by Gasteiger charge is 2.34. The molecular formula is C17H28N2. The van der Waals surface area contributed by atoms with E-state index in [1.165, 1.54) is 12.0 Å². The van der Waals surface area contributed by atoms with Gasteiger partial charge in [0.05, 0.1) is 0 Å². The summed E-state index contributed by atoms with van der Waals surface area (Å²) in [5.74, 6) is 0. The van der Waals surface area contributed by atoms with Gasteiger partial charge in [0.15, 0.2) is 0 Å². The molecule has 0 aliphatic carbocycles. The maximum Gasteiger partial charge on any atom is 0.0264 e. The van der Waals surface area contributed by atoms with E-state index in [-0.39, 0.29) is 5.54 Å². The topological polar surface area (TPSA) is 15.3 Å². The van der Waals surface area contributed by atoms with E-state index in [4.69, 9.17) is 0 Å². The summed E-state index contributed by atoms with van der Waals surface area (Å²) in [6.07, 6.45) is 2.37. The largest absolute Gasteiger partial charge is 0.309 e. The monoisotopic (exact) mass is 260 g/mol. The molecule has 1 N–H and O–H groups in total. The first-order valence-corrected chi connectivity index (χ1v) is 7.56. The van der Waals surface area contributed by atoms with Gasteiger partial charge in [0.1, 0.15) is 0 Å².